The van der Waals surface area contributed by atoms with E-state index in [9.17, 15) is 9.59 Å². The van der Waals surface area contributed by atoms with Gasteiger partial charge in [0.2, 0.25) is 0 Å². The quantitative estimate of drug-likeness (QED) is 0.453. The summed E-state index contributed by atoms with van der Waals surface area (Å²) in [5.74, 6) is 1.55. The maximum absolute atomic E-state index is 10.5. The predicted molar refractivity (Wildman–Crippen MR) is 31.1 cm³/mol. The fraction of sp³-hybridized carbons (Fsp3) is 0.167. The third-order valence-corrected chi connectivity index (χ3v) is 1.00. The van der Waals surface area contributed by atoms with E-state index in [4.69, 9.17) is 0 Å². The van der Waals surface area contributed by atoms with E-state index in [-0.39, 0.29) is 12.2 Å². The van der Waals surface area contributed by atoms with E-state index in [0.717, 1.165) is 0 Å². The summed E-state index contributed by atoms with van der Waals surface area (Å²) in [6, 6.07) is 0. The van der Waals surface area contributed by atoms with Crippen LogP contribution in [0.25, 0.3) is 0 Å². The molecule has 0 aromatic rings. The molecule has 1 heterocycles. The zero-order valence-corrected chi connectivity index (χ0v) is 4.68. The molecule has 3 heteroatoms. The first kappa shape index (κ1) is 5.79. The topological polar surface area (TPSA) is 46.2 Å². The Balaban J connectivity index is 2.80. The largest absolute Gasteiger partial charge is 0.356 e. The predicted octanol–water partition coefficient (Wildman–Crippen LogP) is -0.222. The third-order valence-electron chi connectivity index (χ3n) is 1.00. The Morgan fingerprint density at radius 2 is 2.44 bits per heavy atom. The van der Waals surface area contributed by atoms with Gasteiger partial charge >= 0.3 is 0 Å². The van der Waals surface area contributed by atoms with E-state index in [0.29, 0.717) is 5.70 Å². The number of hydrogen-bond donors (Lipinski definition) is 1. The van der Waals surface area contributed by atoms with Gasteiger partial charge in [0.25, 0.3) is 0 Å². The third kappa shape index (κ3) is 1.27. The Morgan fingerprint density at radius 1 is 1.67 bits per heavy atom. The fourth-order valence-electron chi connectivity index (χ4n) is 0.585. The van der Waals surface area contributed by atoms with Crippen LogP contribution in [0, 0.1) is 0 Å². The molecule has 0 unspecified atom stereocenters. The van der Waals surface area contributed by atoms with Gasteiger partial charge in [0.1, 0.15) is 11.6 Å². The molecule has 0 bridgehead atoms. The zero-order chi connectivity index (χ0) is 6.69. The van der Waals surface area contributed by atoms with Gasteiger partial charge in [-0.3, -0.25) is 4.79 Å². The summed E-state index contributed by atoms with van der Waals surface area (Å²) in [5.41, 5.74) is 0.308. The lowest BCUT2D eigenvalue weighted by molar-refractivity contribution is -0.114. The van der Waals surface area contributed by atoms with Crippen LogP contribution in [-0.4, -0.2) is 11.7 Å². The molecule has 0 aromatic heterocycles. The standard InChI is InChI=1S/C6H5NO2/c8-4-5-3-6(9)1-2-7-5/h1-2,7H,3H2. The average Bonchev–Trinajstić information content (AvgIpc) is 1.88. The first-order valence-electron chi connectivity index (χ1n) is 2.53. The molecule has 3 nitrogen and oxygen atoms in total. The van der Waals surface area contributed by atoms with Crippen molar-refractivity contribution in [1.82, 2.24) is 5.32 Å². The smallest absolute Gasteiger partial charge is 0.163 e. The van der Waals surface area contributed by atoms with Crippen molar-refractivity contribution in [2.24, 2.45) is 0 Å². The Hall–Kier alpha value is -1.34. The minimum Gasteiger partial charge on any atom is -0.356 e. The van der Waals surface area contributed by atoms with Crippen LogP contribution in [-0.2, 0) is 9.59 Å². The molecular weight excluding hydrogens is 118 g/mol. The highest BCUT2D eigenvalue weighted by atomic mass is 16.1. The summed E-state index contributed by atoms with van der Waals surface area (Å²) < 4.78 is 0. The summed E-state index contributed by atoms with van der Waals surface area (Å²) in [5, 5.41) is 2.59. The molecule has 1 aliphatic heterocycles. The number of carbonyl (C=O) groups is 1. The average molecular weight is 123 g/mol. The van der Waals surface area contributed by atoms with Crippen LogP contribution in [0.15, 0.2) is 18.0 Å². The summed E-state index contributed by atoms with van der Waals surface area (Å²) in [7, 11) is 0. The first-order valence-corrected chi connectivity index (χ1v) is 2.53. The number of hydrogen-bond acceptors (Lipinski definition) is 3. The second-order valence-electron chi connectivity index (χ2n) is 1.70. The molecule has 0 spiro atoms. The monoisotopic (exact) mass is 123 g/mol. The second-order valence-corrected chi connectivity index (χ2v) is 1.70. The van der Waals surface area contributed by atoms with Crippen molar-refractivity contribution < 1.29 is 9.59 Å². The molecule has 0 saturated heterocycles. The number of carbonyl (C=O) groups excluding carboxylic acids is 2. The van der Waals surface area contributed by atoms with Gasteiger partial charge in [0, 0.05) is 6.20 Å². The minimum atomic E-state index is -0.0629. The molecule has 0 aromatic carbocycles. The Labute approximate surface area is 52.1 Å². The van der Waals surface area contributed by atoms with Crippen molar-refractivity contribution in [3.05, 3.63) is 18.0 Å². The summed E-state index contributed by atoms with van der Waals surface area (Å²) >= 11 is 0. The summed E-state index contributed by atoms with van der Waals surface area (Å²) in [4.78, 5) is 20.4. The first-order chi connectivity index (χ1) is 4.33. The number of rotatable bonds is 0. The molecule has 1 rings (SSSR count). The van der Waals surface area contributed by atoms with Crippen LogP contribution in [0.1, 0.15) is 6.42 Å². The van der Waals surface area contributed by atoms with Gasteiger partial charge in [0.05, 0.1) is 6.42 Å². The van der Waals surface area contributed by atoms with Crippen LogP contribution in [0.2, 0.25) is 0 Å². The lowest BCUT2D eigenvalue weighted by Gasteiger charge is -2.03. The molecular formula is C6H5NO2. The highest BCUT2D eigenvalue weighted by Crippen LogP contribution is 1.99. The molecule has 0 aliphatic carbocycles. The molecule has 0 atom stereocenters. The van der Waals surface area contributed by atoms with E-state index >= 15 is 0 Å². The molecule has 1 aliphatic rings. The molecule has 0 saturated carbocycles. The number of ketones is 1. The van der Waals surface area contributed by atoms with Gasteiger partial charge in [-0.25, -0.2) is 4.79 Å². The molecule has 9 heavy (non-hydrogen) atoms. The molecule has 0 amide bonds. The molecule has 0 fully saturated rings. The Morgan fingerprint density at radius 3 is 2.89 bits per heavy atom. The van der Waals surface area contributed by atoms with E-state index in [1.54, 1.807) is 5.94 Å². The van der Waals surface area contributed by atoms with Crippen molar-refractivity contribution >= 4 is 11.7 Å². The van der Waals surface area contributed by atoms with E-state index in [1.807, 2.05) is 0 Å². The Bertz CT molecular complexity index is 211. The van der Waals surface area contributed by atoms with Crippen LogP contribution in [0.3, 0.4) is 0 Å². The summed E-state index contributed by atoms with van der Waals surface area (Å²) in [6.07, 6.45) is 2.98. The minimum absolute atomic E-state index is 0.0629. The van der Waals surface area contributed by atoms with Gasteiger partial charge in [0.15, 0.2) is 5.78 Å². The number of nitrogens with one attached hydrogen (secondary N) is 1. The van der Waals surface area contributed by atoms with Crippen LogP contribution in [0.4, 0.5) is 0 Å². The molecule has 0 radical (unpaired) electrons. The van der Waals surface area contributed by atoms with Crippen molar-refractivity contribution in [3.63, 3.8) is 0 Å². The van der Waals surface area contributed by atoms with Crippen molar-refractivity contribution in [2.75, 3.05) is 0 Å². The fourth-order valence-corrected chi connectivity index (χ4v) is 0.585. The van der Waals surface area contributed by atoms with Crippen molar-refractivity contribution in [2.45, 2.75) is 6.42 Å². The lowest BCUT2D eigenvalue weighted by Crippen LogP contribution is -2.15. The van der Waals surface area contributed by atoms with E-state index in [2.05, 4.69) is 5.32 Å². The second kappa shape index (κ2) is 2.29. The van der Waals surface area contributed by atoms with Gasteiger partial charge < -0.3 is 5.32 Å². The Kier molecular flexibility index (Phi) is 1.47. The highest BCUT2D eigenvalue weighted by Gasteiger charge is 2.06. The van der Waals surface area contributed by atoms with Gasteiger partial charge in [-0.2, -0.15) is 0 Å². The lowest BCUT2D eigenvalue weighted by atomic mass is 10.2. The zero-order valence-electron chi connectivity index (χ0n) is 4.68. The highest BCUT2D eigenvalue weighted by molar-refractivity contribution is 5.93. The number of allylic oxidation sites excluding steroid dienone is 2. The molecule has 46 valence electrons. The van der Waals surface area contributed by atoms with Gasteiger partial charge in [-0.1, -0.05) is 0 Å². The van der Waals surface area contributed by atoms with Crippen LogP contribution >= 0.6 is 0 Å². The summed E-state index contributed by atoms with van der Waals surface area (Å²) in [6.45, 7) is 0. The maximum atomic E-state index is 10.5. The van der Waals surface area contributed by atoms with Gasteiger partial charge in [-0.15, -0.1) is 0 Å². The normalized spacial score (nSPS) is 16.9. The SMILES string of the molecule is O=C=C1CC(=O)C=CN1. The van der Waals surface area contributed by atoms with Crippen LogP contribution in [0.5, 0.6) is 0 Å². The maximum Gasteiger partial charge on any atom is 0.163 e. The van der Waals surface area contributed by atoms with E-state index in [1.165, 1.54) is 12.3 Å². The van der Waals surface area contributed by atoms with Crippen molar-refractivity contribution in [1.29, 1.82) is 0 Å². The van der Waals surface area contributed by atoms with Crippen molar-refractivity contribution in [3.8, 4) is 0 Å². The van der Waals surface area contributed by atoms with E-state index < -0.39 is 0 Å². The van der Waals surface area contributed by atoms with Gasteiger partial charge in [-0.05, 0) is 6.08 Å². The molecule has 1 N–H and O–H groups in total. The van der Waals surface area contributed by atoms with Crippen LogP contribution < -0.4 is 5.32 Å².